The van der Waals surface area contributed by atoms with E-state index in [0.717, 1.165) is 0 Å². The van der Waals surface area contributed by atoms with E-state index in [1.165, 1.54) is 27.4 Å². The van der Waals surface area contributed by atoms with Gasteiger partial charge in [0.1, 0.15) is 6.10 Å². The molecule has 1 unspecified atom stereocenters. The normalized spacial score (nSPS) is 29.7. The molecule has 2 N–H and O–H groups in total. The zero-order valence-electron chi connectivity index (χ0n) is 16.5. The molecule has 2 aliphatic heterocycles. The molecule has 0 radical (unpaired) electrons. The Morgan fingerprint density at radius 1 is 1.04 bits per heavy atom. The van der Waals surface area contributed by atoms with Gasteiger partial charge in [-0.15, -0.1) is 0 Å². The van der Waals surface area contributed by atoms with Crippen LogP contribution in [0, 0.1) is 0 Å². The number of likely N-dealkylation sites (N-methyl/N-ethyl adjacent to an activating group) is 1. The van der Waals surface area contributed by atoms with Crippen LogP contribution in [-0.4, -0.2) is 79.9 Å². The molecule has 5 atom stereocenters. The molecule has 154 valence electrons. The molecule has 28 heavy (non-hydrogen) atoms. The Hall–Kier alpha value is -2.29. The number of nitrogens with zero attached hydrogens (tertiary/aromatic N) is 1. The molecule has 0 aliphatic carbocycles. The van der Waals surface area contributed by atoms with Crippen molar-refractivity contribution in [1.29, 1.82) is 0 Å². The Labute approximate surface area is 164 Å². The maximum Gasteiger partial charge on any atom is 0.331 e. The Bertz CT molecular complexity index is 699. The minimum absolute atomic E-state index is 0.203. The van der Waals surface area contributed by atoms with Crippen LogP contribution < -0.4 is 14.2 Å². The molecule has 2 heterocycles. The fourth-order valence-corrected chi connectivity index (χ4v) is 4.09. The van der Waals surface area contributed by atoms with Gasteiger partial charge < -0.3 is 29.2 Å². The Balaban J connectivity index is 1.66. The van der Waals surface area contributed by atoms with Crippen LogP contribution in [0.15, 0.2) is 18.2 Å². The first-order valence-corrected chi connectivity index (χ1v) is 9.16. The lowest BCUT2D eigenvalue weighted by atomic mass is 10.00. The smallest absolute Gasteiger partial charge is 0.331 e. The summed E-state index contributed by atoms with van der Waals surface area (Å²) in [5.74, 6) is 0.977. The van der Waals surface area contributed by atoms with Crippen LogP contribution in [0.2, 0.25) is 0 Å². The summed E-state index contributed by atoms with van der Waals surface area (Å²) in [6, 6.07) is 3.05. The van der Waals surface area contributed by atoms with Gasteiger partial charge >= 0.3 is 5.97 Å². The molecule has 8 nitrogen and oxygen atoms in total. The maximum atomic E-state index is 12.3. The van der Waals surface area contributed by atoms with E-state index in [2.05, 4.69) is 0 Å². The molecular weight excluding hydrogens is 366 g/mol. The summed E-state index contributed by atoms with van der Waals surface area (Å²) in [7, 11) is 6.44. The highest BCUT2D eigenvalue weighted by molar-refractivity contribution is 5.87. The van der Waals surface area contributed by atoms with Crippen LogP contribution in [-0.2, 0) is 9.53 Å². The first kappa shape index (κ1) is 20.4. The van der Waals surface area contributed by atoms with Crippen LogP contribution in [0.25, 0.3) is 6.08 Å². The molecule has 2 bridgehead atoms. The predicted octanol–water partition coefficient (Wildman–Crippen LogP) is 0.836. The van der Waals surface area contributed by atoms with Gasteiger partial charge in [-0.3, -0.25) is 4.90 Å². The summed E-state index contributed by atoms with van der Waals surface area (Å²) in [5.41, 5.74) is 0.695. The van der Waals surface area contributed by atoms with Crippen molar-refractivity contribution < 1.29 is 34.0 Å². The van der Waals surface area contributed by atoms with E-state index in [9.17, 15) is 15.0 Å². The molecule has 2 fully saturated rings. The van der Waals surface area contributed by atoms with Crippen molar-refractivity contribution in [2.24, 2.45) is 0 Å². The number of hydrogen-bond donors (Lipinski definition) is 2. The SMILES string of the molecule is COc1cc(/C=C/C(=O)OC2C[C@@H]3[C@H](O)[C@H](O)[C@@H](C2)N3C)cc(OC)c1OC. The van der Waals surface area contributed by atoms with Gasteiger partial charge in [0.15, 0.2) is 11.5 Å². The first-order valence-electron chi connectivity index (χ1n) is 9.16. The standard InChI is InChI=1S/C20H27NO7/c1-21-13-9-12(10-14(21)19(24)18(13)23)28-17(22)6-5-11-7-15(25-2)20(27-4)16(8-11)26-3/h5-8,12-14,18-19,23-24H,9-10H2,1-4H3/b6-5+/t12?,13-,14-,18-,19+/m1/s1. The van der Waals surface area contributed by atoms with Crippen LogP contribution in [0.4, 0.5) is 0 Å². The van der Waals surface area contributed by atoms with E-state index >= 15 is 0 Å². The third-order valence-electron chi connectivity index (χ3n) is 5.58. The van der Waals surface area contributed by atoms with Crippen molar-refractivity contribution in [3.05, 3.63) is 23.8 Å². The van der Waals surface area contributed by atoms with Crippen LogP contribution in [0.5, 0.6) is 17.2 Å². The molecule has 0 saturated carbocycles. The molecular formula is C20H27NO7. The Morgan fingerprint density at radius 3 is 2.04 bits per heavy atom. The van der Waals surface area contributed by atoms with Crippen molar-refractivity contribution in [3.8, 4) is 17.2 Å². The number of benzene rings is 1. The lowest BCUT2D eigenvalue weighted by Crippen LogP contribution is -2.45. The van der Waals surface area contributed by atoms with Gasteiger partial charge in [-0.2, -0.15) is 0 Å². The second-order valence-electron chi connectivity index (χ2n) is 7.10. The summed E-state index contributed by atoms with van der Waals surface area (Å²) >= 11 is 0. The van der Waals surface area contributed by atoms with Gasteiger partial charge in [0.25, 0.3) is 0 Å². The average Bonchev–Trinajstić information content (AvgIpc) is 2.81. The second-order valence-corrected chi connectivity index (χ2v) is 7.10. The molecule has 0 aromatic heterocycles. The van der Waals surface area contributed by atoms with Gasteiger partial charge in [-0.05, 0) is 30.8 Å². The van der Waals surface area contributed by atoms with E-state index in [-0.39, 0.29) is 18.2 Å². The van der Waals surface area contributed by atoms with Crippen molar-refractivity contribution in [2.75, 3.05) is 28.4 Å². The number of carbonyl (C=O) groups is 1. The number of aliphatic hydroxyl groups is 2. The molecule has 0 amide bonds. The molecule has 1 aromatic rings. The minimum atomic E-state index is -0.812. The van der Waals surface area contributed by atoms with Gasteiger partial charge in [0.2, 0.25) is 5.75 Å². The van der Waals surface area contributed by atoms with Gasteiger partial charge in [-0.25, -0.2) is 4.79 Å². The largest absolute Gasteiger partial charge is 0.493 e. The summed E-state index contributed by atoms with van der Waals surface area (Å²) in [5, 5.41) is 20.2. The monoisotopic (exact) mass is 393 g/mol. The lowest BCUT2D eigenvalue weighted by molar-refractivity contribution is -0.146. The highest BCUT2D eigenvalue weighted by Crippen LogP contribution is 2.39. The number of methoxy groups -OCH3 is 3. The summed E-state index contributed by atoms with van der Waals surface area (Å²) in [6.07, 6.45) is 1.98. The molecule has 3 rings (SSSR count). The van der Waals surface area contributed by atoms with Crippen molar-refractivity contribution >= 4 is 12.0 Å². The number of fused-ring (bicyclic) bond motifs is 2. The number of rotatable bonds is 6. The van der Waals surface area contributed by atoms with E-state index < -0.39 is 18.2 Å². The average molecular weight is 393 g/mol. The number of piperidine rings is 1. The van der Waals surface area contributed by atoms with Gasteiger partial charge in [0.05, 0.1) is 33.5 Å². The van der Waals surface area contributed by atoms with Crippen molar-refractivity contribution in [1.82, 2.24) is 4.90 Å². The zero-order valence-corrected chi connectivity index (χ0v) is 16.5. The third kappa shape index (κ3) is 3.80. The van der Waals surface area contributed by atoms with Crippen molar-refractivity contribution in [3.63, 3.8) is 0 Å². The molecule has 1 aromatic carbocycles. The minimum Gasteiger partial charge on any atom is -0.493 e. The summed E-state index contributed by atoms with van der Waals surface area (Å²) in [6.45, 7) is 0. The molecule has 2 aliphatic rings. The van der Waals surface area contributed by atoms with E-state index in [4.69, 9.17) is 18.9 Å². The highest BCUT2D eigenvalue weighted by atomic mass is 16.5. The van der Waals surface area contributed by atoms with Crippen molar-refractivity contribution in [2.45, 2.75) is 43.2 Å². The van der Waals surface area contributed by atoms with Crippen LogP contribution in [0.1, 0.15) is 18.4 Å². The molecule has 0 spiro atoms. The highest BCUT2D eigenvalue weighted by Gasteiger charge is 2.51. The van der Waals surface area contributed by atoms with Gasteiger partial charge in [0, 0.05) is 31.0 Å². The summed E-state index contributed by atoms with van der Waals surface area (Å²) in [4.78, 5) is 14.2. The van der Waals surface area contributed by atoms with E-state index in [1.807, 2.05) is 11.9 Å². The van der Waals surface area contributed by atoms with E-state index in [1.54, 1.807) is 18.2 Å². The fourth-order valence-electron chi connectivity index (χ4n) is 4.09. The quantitative estimate of drug-likeness (QED) is 0.542. The third-order valence-corrected chi connectivity index (χ3v) is 5.58. The molecule has 8 heteroatoms. The topological polar surface area (TPSA) is 97.7 Å². The number of carbonyl (C=O) groups excluding carboxylic acids is 1. The fraction of sp³-hybridized carbons (Fsp3) is 0.550. The first-order chi connectivity index (χ1) is 13.4. The number of hydrogen-bond acceptors (Lipinski definition) is 8. The lowest BCUT2D eigenvalue weighted by Gasteiger charge is -2.35. The Morgan fingerprint density at radius 2 is 1.57 bits per heavy atom. The van der Waals surface area contributed by atoms with E-state index in [0.29, 0.717) is 35.7 Å². The van der Waals surface area contributed by atoms with Crippen LogP contribution in [0.3, 0.4) is 0 Å². The zero-order chi connectivity index (χ0) is 20.4. The van der Waals surface area contributed by atoms with Gasteiger partial charge in [-0.1, -0.05) is 0 Å². The number of esters is 1. The Kier molecular flexibility index (Phi) is 6.12. The summed E-state index contributed by atoms with van der Waals surface area (Å²) < 4.78 is 21.4. The maximum absolute atomic E-state index is 12.3. The second kappa shape index (κ2) is 8.38. The molecule has 2 saturated heterocycles. The number of aliphatic hydroxyl groups excluding tert-OH is 2. The predicted molar refractivity (Wildman–Crippen MR) is 102 cm³/mol. The van der Waals surface area contributed by atoms with Crippen LogP contribution >= 0.6 is 0 Å². The number of ether oxygens (including phenoxy) is 4.